The molecule has 2 aromatic carbocycles. The summed E-state index contributed by atoms with van der Waals surface area (Å²) in [6.07, 6.45) is 3.59. The minimum Gasteiger partial charge on any atom is -0.495 e. The molecule has 30 heavy (non-hydrogen) atoms. The molecule has 154 valence electrons. The maximum Gasteiger partial charge on any atom is 0.255 e. The highest BCUT2D eigenvalue weighted by Crippen LogP contribution is 2.32. The molecule has 0 aliphatic rings. The van der Waals surface area contributed by atoms with Gasteiger partial charge in [-0.3, -0.25) is 19.5 Å². The molecule has 3 rings (SSSR count). The molecule has 0 spiro atoms. The quantitative estimate of drug-likeness (QED) is 0.520. The zero-order valence-corrected chi connectivity index (χ0v) is 16.9. The van der Waals surface area contributed by atoms with Crippen LogP contribution in [0.2, 0.25) is 0 Å². The minimum atomic E-state index is -0.824. The number of carbonyl (C=O) groups is 3. The van der Waals surface area contributed by atoms with E-state index in [0.29, 0.717) is 27.9 Å². The molecule has 0 unspecified atom stereocenters. The molecule has 0 fully saturated rings. The third kappa shape index (κ3) is 4.22. The van der Waals surface area contributed by atoms with E-state index in [1.807, 2.05) is 18.2 Å². The number of aromatic nitrogens is 2. The molecule has 2 amide bonds. The Kier molecular flexibility index (Phi) is 5.96. The molecule has 0 aliphatic heterocycles. The molecule has 8 nitrogen and oxygen atoms in total. The Hall–Kier alpha value is -3.94. The molecule has 4 N–H and O–H groups in total. The van der Waals surface area contributed by atoms with Crippen LogP contribution in [0.25, 0.3) is 23.1 Å². The maximum atomic E-state index is 12.6. The van der Waals surface area contributed by atoms with Crippen LogP contribution in [-0.4, -0.2) is 40.9 Å². The van der Waals surface area contributed by atoms with Crippen molar-refractivity contribution in [2.45, 2.75) is 19.9 Å². The van der Waals surface area contributed by atoms with E-state index in [2.05, 4.69) is 15.5 Å². The van der Waals surface area contributed by atoms with Gasteiger partial charge in [-0.05, 0) is 43.7 Å². The number of aromatic amines is 1. The van der Waals surface area contributed by atoms with E-state index in [0.717, 1.165) is 5.56 Å². The zero-order valence-electron chi connectivity index (χ0n) is 16.9. The predicted octanol–water partition coefficient (Wildman–Crippen LogP) is 2.55. The topological polar surface area (TPSA) is 127 Å². The number of hydrogen-bond donors (Lipinski definition) is 3. The number of carbonyl (C=O) groups excluding carboxylic acids is 3. The van der Waals surface area contributed by atoms with Gasteiger partial charge in [-0.25, -0.2) is 0 Å². The van der Waals surface area contributed by atoms with Crippen molar-refractivity contribution in [3.05, 3.63) is 58.8 Å². The summed E-state index contributed by atoms with van der Waals surface area (Å²) in [5.41, 5.74) is 8.18. The highest BCUT2D eigenvalue weighted by molar-refractivity contribution is 6.06. The molecular formula is C22H22N4O4. The van der Waals surface area contributed by atoms with Gasteiger partial charge in [-0.2, -0.15) is 5.10 Å². The lowest BCUT2D eigenvalue weighted by Crippen LogP contribution is -2.42. The van der Waals surface area contributed by atoms with Crippen molar-refractivity contribution >= 4 is 40.7 Å². The number of ketones is 1. The Morgan fingerprint density at radius 2 is 1.97 bits per heavy atom. The second kappa shape index (κ2) is 8.60. The van der Waals surface area contributed by atoms with Gasteiger partial charge in [-0.15, -0.1) is 0 Å². The van der Waals surface area contributed by atoms with Crippen LogP contribution in [0.15, 0.2) is 36.4 Å². The summed E-state index contributed by atoms with van der Waals surface area (Å²) in [6.45, 7) is 3.02. The van der Waals surface area contributed by atoms with E-state index in [-0.39, 0.29) is 11.3 Å². The second-order valence-electron chi connectivity index (χ2n) is 6.79. The highest BCUT2D eigenvalue weighted by atomic mass is 16.5. The molecule has 1 heterocycles. The Morgan fingerprint density at radius 3 is 2.63 bits per heavy atom. The average Bonchev–Trinajstić information content (AvgIpc) is 3.14. The molecule has 0 radical (unpaired) electrons. The Bertz CT molecular complexity index is 1160. The lowest BCUT2D eigenvalue weighted by molar-refractivity contribution is -0.119. The fraction of sp³-hybridized carbons (Fsp3) is 0.182. The smallest absolute Gasteiger partial charge is 0.255 e. The lowest BCUT2D eigenvalue weighted by Gasteiger charge is -2.13. The summed E-state index contributed by atoms with van der Waals surface area (Å²) < 4.78 is 5.51. The fourth-order valence-electron chi connectivity index (χ4n) is 3.00. The largest absolute Gasteiger partial charge is 0.495 e. The molecule has 0 saturated heterocycles. The van der Waals surface area contributed by atoms with Gasteiger partial charge >= 0.3 is 0 Å². The van der Waals surface area contributed by atoms with Crippen LogP contribution in [0.3, 0.4) is 0 Å². The number of Topliss-reactive ketones (excluding diaryl/α,β-unsaturated/α-hetero) is 1. The van der Waals surface area contributed by atoms with Gasteiger partial charge in [0.25, 0.3) is 5.91 Å². The normalized spacial score (nSPS) is 12.1. The summed E-state index contributed by atoms with van der Waals surface area (Å²) in [6, 6.07) is 9.70. The Morgan fingerprint density at radius 1 is 1.20 bits per heavy atom. The minimum absolute atomic E-state index is 0.0158. The van der Waals surface area contributed by atoms with Gasteiger partial charge in [0.15, 0.2) is 5.78 Å². The van der Waals surface area contributed by atoms with Gasteiger partial charge in [0.1, 0.15) is 11.8 Å². The summed E-state index contributed by atoms with van der Waals surface area (Å²) in [5, 5.41) is 10.4. The number of H-pyrrole nitrogens is 1. The van der Waals surface area contributed by atoms with Gasteiger partial charge in [0, 0.05) is 5.56 Å². The first-order valence-electron chi connectivity index (χ1n) is 9.26. The molecule has 0 saturated carbocycles. The van der Waals surface area contributed by atoms with Crippen LogP contribution < -0.4 is 15.8 Å². The van der Waals surface area contributed by atoms with Crippen LogP contribution >= 0.6 is 0 Å². The molecule has 1 atom stereocenters. The number of ether oxygens (including phenoxy) is 1. The average molecular weight is 406 g/mol. The predicted molar refractivity (Wildman–Crippen MR) is 114 cm³/mol. The van der Waals surface area contributed by atoms with E-state index in [9.17, 15) is 14.4 Å². The number of rotatable bonds is 7. The maximum absolute atomic E-state index is 12.6. The first-order valence-corrected chi connectivity index (χ1v) is 9.26. The van der Waals surface area contributed by atoms with E-state index in [1.54, 1.807) is 30.3 Å². The van der Waals surface area contributed by atoms with Crippen LogP contribution in [0.4, 0.5) is 0 Å². The third-order valence-corrected chi connectivity index (χ3v) is 4.66. The van der Waals surface area contributed by atoms with Crippen molar-refractivity contribution < 1.29 is 19.1 Å². The van der Waals surface area contributed by atoms with Crippen LogP contribution in [0.1, 0.15) is 45.8 Å². The lowest BCUT2D eigenvalue weighted by atomic mass is 10.1. The summed E-state index contributed by atoms with van der Waals surface area (Å²) >= 11 is 0. The van der Waals surface area contributed by atoms with Gasteiger partial charge < -0.3 is 15.8 Å². The summed E-state index contributed by atoms with van der Waals surface area (Å²) in [7, 11) is 1.46. The Labute approximate surface area is 173 Å². The van der Waals surface area contributed by atoms with Crippen molar-refractivity contribution in [3.8, 4) is 5.75 Å². The highest BCUT2D eigenvalue weighted by Gasteiger charge is 2.21. The molecule has 0 aliphatic carbocycles. The first-order chi connectivity index (χ1) is 14.3. The summed E-state index contributed by atoms with van der Waals surface area (Å²) in [5.74, 6) is -0.806. The molecule has 3 aromatic rings. The number of primary amides is 1. The van der Waals surface area contributed by atoms with Crippen molar-refractivity contribution in [3.63, 3.8) is 0 Å². The molecule has 8 heteroatoms. The third-order valence-electron chi connectivity index (χ3n) is 4.66. The summed E-state index contributed by atoms with van der Waals surface area (Å²) in [4.78, 5) is 35.5. The zero-order chi connectivity index (χ0) is 21.8. The first kappa shape index (κ1) is 20.8. The number of nitrogens with two attached hydrogens (primary N) is 1. The van der Waals surface area contributed by atoms with Gasteiger partial charge in [-0.1, -0.05) is 24.3 Å². The van der Waals surface area contributed by atoms with E-state index in [1.165, 1.54) is 21.0 Å². The number of benzene rings is 2. The van der Waals surface area contributed by atoms with E-state index < -0.39 is 17.9 Å². The Balaban J connectivity index is 2.01. The van der Waals surface area contributed by atoms with Crippen LogP contribution in [0, 0.1) is 0 Å². The van der Waals surface area contributed by atoms with Crippen molar-refractivity contribution in [1.82, 2.24) is 15.5 Å². The SMILES string of the molecule is COc1c(C(=O)N[C@@H](C)C(N)=O)ccc2[nH]nc(/C=C/c3cccc(C(C)=O)c3)c12. The van der Waals surface area contributed by atoms with Gasteiger partial charge in [0.2, 0.25) is 5.91 Å². The number of hydrogen-bond acceptors (Lipinski definition) is 5. The molecule has 1 aromatic heterocycles. The standard InChI is InChI=1S/C22H22N4O4/c1-12(21(23)28)24-22(29)16-8-10-18-19(20(16)30-3)17(25-26-18)9-7-14-5-4-6-15(11-14)13(2)27/h4-12H,1-3H3,(H2,23,28)(H,24,29)(H,25,26)/b9-7+/t12-/m0/s1. The van der Waals surface area contributed by atoms with Crippen LogP contribution in [0.5, 0.6) is 5.75 Å². The second-order valence-corrected chi connectivity index (χ2v) is 6.79. The van der Waals surface area contributed by atoms with Crippen molar-refractivity contribution in [2.24, 2.45) is 5.73 Å². The number of methoxy groups -OCH3 is 1. The molecule has 0 bridgehead atoms. The number of fused-ring (bicyclic) bond motifs is 1. The molecular weight excluding hydrogens is 384 g/mol. The number of amides is 2. The van der Waals surface area contributed by atoms with Crippen molar-refractivity contribution in [1.29, 1.82) is 0 Å². The number of nitrogens with zero attached hydrogens (tertiary/aromatic N) is 1. The van der Waals surface area contributed by atoms with E-state index in [4.69, 9.17) is 10.5 Å². The van der Waals surface area contributed by atoms with Gasteiger partial charge in [0.05, 0.1) is 29.3 Å². The van der Waals surface area contributed by atoms with E-state index >= 15 is 0 Å². The number of nitrogens with one attached hydrogen (secondary N) is 2. The van der Waals surface area contributed by atoms with Crippen molar-refractivity contribution in [2.75, 3.05) is 7.11 Å². The monoisotopic (exact) mass is 406 g/mol. The van der Waals surface area contributed by atoms with Crippen LogP contribution in [-0.2, 0) is 4.79 Å². The fourth-order valence-corrected chi connectivity index (χ4v) is 3.00.